The lowest BCUT2D eigenvalue weighted by molar-refractivity contribution is 0.297. The fourth-order valence-corrected chi connectivity index (χ4v) is 3.98. The molecule has 0 N–H and O–H groups in total. The normalized spacial score (nSPS) is 13.4. The van der Waals surface area contributed by atoms with E-state index in [0.717, 1.165) is 34.0 Å². The summed E-state index contributed by atoms with van der Waals surface area (Å²) in [5.41, 5.74) is 4.30. The Balaban J connectivity index is 1.57. The number of aromatic nitrogens is 4. The summed E-state index contributed by atoms with van der Waals surface area (Å²) in [6, 6.07) is 10.1. The number of benzene rings is 2. The minimum absolute atomic E-state index is 0.569. The molecular formula is C19H19ClN4O2S. The highest BCUT2D eigenvalue weighted by atomic mass is 35.5. The smallest absolute Gasteiger partial charge is 0.214 e. The van der Waals surface area contributed by atoms with Gasteiger partial charge in [0, 0.05) is 12.2 Å². The lowest BCUT2D eigenvalue weighted by Crippen LogP contribution is -2.02. The van der Waals surface area contributed by atoms with Crippen molar-refractivity contribution in [2.24, 2.45) is 0 Å². The number of aryl methyl sites for hydroxylation is 2. The van der Waals surface area contributed by atoms with E-state index in [2.05, 4.69) is 47.6 Å². The summed E-state index contributed by atoms with van der Waals surface area (Å²) in [5, 5.41) is 13.5. The molecule has 2 heterocycles. The van der Waals surface area contributed by atoms with Crippen LogP contribution in [0, 0.1) is 13.8 Å². The maximum Gasteiger partial charge on any atom is 0.214 e. The van der Waals surface area contributed by atoms with Gasteiger partial charge in [0.1, 0.15) is 0 Å². The standard InChI is InChI=1S/C19H19ClN4O2S/c1-12-4-5-13(2)16(8-12)24-19(21-22-23-24)27-11-14-9-15(20)18-17(10-14)25-6-3-7-26-18/h4-5,8-10H,3,6-7,11H2,1-2H3. The largest absolute Gasteiger partial charge is 0.489 e. The molecule has 0 amide bonds. The first-order valence-corrected chi connectivity index (χ1v) is 10.0. The Morgan fingerprint density at radius 2 is 2.00 bits per heavy atom. The highest BCUT2D eigenvalue weighted by Gasteiger charge is 2.17. The van der Waals surface area contributed by atoms with E-state index in [1.165, 1.54) is 0 Å². The van der Waals surface area contributed by atoms with Gasteiger partial charge in [-0.25, -0.2) is 0 Å². The number of tetrazole rings is 1. The van der Waals surface area contributed by atoms with E-state index < -0.39 is 0 Å². The molecule has 0 saturated carbocycles. The zero-order chi connectivity index (χ0) is 18.8. The number of halogens is 1. The third-order valence-electron chi connectivity index (χ3n) is 4.26. The molecule has 0 spiro atoms. The number of hydrogen-bond acceptors (Lipinski definition) is 6. The summed E-state index contributed by atoms with van der Waals surface area (Å²) in [6.07, 6.45) is 0.847. The van der Waals surface area contributed by atoms with Gasteiger partial charge in [-0.05, 0) is 59.2 Å². The number of fused-ring (bicyclic) bond motifs is 1. The summed E-state index contributed by atoms with van der Waals surface area (Å²) >= 11 is 7.94. The molecule has 0 radical (unpaired) electrons. The van der Waals surface area contributed by atoms with Crippen LogP contribution in [0.2, 0.25) is 5.02 Å². The molecule has 6 nitrogen and oxygen atoms in total. The lowest BCUT2D eigenvalue weighted by atomic mass is 10.1. The quantitative estimate of drug-likeness (QED) is 0.603. The third kappa shape index (κ3) is 3.89. The third-order valence-corrected chi connectivity index (χ3v) is 5.53. The van der Waals surface area contributed by atoms with Crippen molar-refractivity contribution >= 4 is 23.4 Å². The number of hydrogen-bond donors (Lipinski definition) is 0. The van der Waals surface area contributed by atoms with Crippen LogP contribution in [0.1, 0.15) is 23.1 Å². The van der Waals surface area contributed by atoms with Gasteiger partial charge in [-0.15, -0.1) is 5.10 Å². The maximum absolute atomic E-state index is 6.39. The van der Waals surface area contributed by atoms with Gasteiger partial charge in [-0.1, -0.05) is 35.5 Å². The van der Waals surface area contributed by atoms with Crippen molar-refractivity contribution in [2.75, 3.05) is 13.2 Å². The second-order valence-electron chi connectivity index (χ2n) is 6.41. The summed E-state index contributed by atoms with van der Waals surface area (Å²) in [4.78, 5) is 0. The lowest BCUT2D eigenvalue weighted by Gasteiger charge is -2.12. The predicted molar refractivity (Wildman–Crippen MR) is 105 cm³/mol. The maximum atomic E-state index is 6.39. The number of nitrogens with zero attached hydrogens (tertiary/aromatic N) is 4. The molecule has 0 fully saturated rings. The molecule has 0 atom stereocenters. The van der Waals surface area contributed by atoms with Gasteiger partial charge < -0.3 is 9.47 Å². The molecule has 0 bridgehead atoms. The first-order chi connectivity index (χ1) is 13.1. The summed E-state index contributed by atoms with van der Waals surface area (Å²) in [6.45, 7) is 5.35. The van der Waals surface area contributed by atoms with Crippen molar-refractivity contribution in [3.63, 3.8) is 0 Å². The van der Waals surface area contributed by atoms with Crippen LogP contribution in [0.15, 0.2) is 35.5 Å². The van der Waals surface area contributed by atoms with Gasteiger partial charge in [-0.3, -0.25) is 0 Å². The first-order valence-electron chi connectivity index (χ1n) is 8.68. The van der Waals surface area contributed by atoms with Crippen molar-refractivity contribution in [1.29, 1.82) is 0 Å². The van der Waals surface area contributed by atoms with Crippen LogP contribution in [-0.4, -0.2) is 33.4 Å². The SMILES string of the molecule is Cc1ccc(C)c(-n2nnnc2SCc2cc(Cl)c3c(c2)OCCCO3)c1. The van der Waals surface area contributed by atoms with Crippen molar-refractivity contribution in [2.45, 2.75) is 31.2 Å². The van der Waals surface area contributed by atoms with Crippen molar-refractivity contribution in [3.05, 3.63) is 52.0 Å². The fourth-order valence-electron chi connectivity index (χ4n) is 2.88. The van der Waals surface area contributed by atoms with Crippen LogP contribution in [-0.2, 0) is 5.75 Å². The van der Waals surface area contributed by atoms with E-state index in [1.54, 1.807) is 16.4 Å². The molecular weight excluding hydrogens is 384 g/mol. The minimum atomic E-state index is 0.569. The van der Waals surface area contributed by atoms with Crippen molar-refractivity contribution < 1.29 is 9.47 Å². The monoisotopic (exact) mass is 402 g/mol. The zero-order valence-corrected chi connectivity index (χ0v) is 16.7. The Morgan fingerprint density at radius 3 is 2.89 bits per heavy atom. The Bertz CT molecular complexity index is 976. The average Bonchev–Trinajstić information content (AvgIpc) is 2.98. The molecule has 27 heavy (non-hydrogen) atoms. The van der Waals surface area contributed by atoms with Crippen LogP contribution in [0.3, 0.4) is 0 Å². The molecule has 4 rings (SSSR count). The van der Waals surface area contributed by atoms with Gasteiger partial charge in [0.05, 0.1) is 23.9 Å². The van der Waals surface area contributed by atoms with E-state index in [1.807, 2.05) is 12.1 Å². The summed E-state index contributed by atoms with van der Waals surface area (Å²) in [7, 11) is 0. The van der Waals surface area contributed by atoms with Gasteiger partial charge in [0.2, 0.25) is 5.16 Å². The minimum Gasteiger partial charge on any atom is -0.489 e. The second-order valence-corrected chi connectivity index (χ2v) is 7.76. The fraction of sp³-hybridized carbons (Fsp3) is 0.316. The van der Waals surface area contributed by atoms with Gasteiger partial charge in [0.25, 0.3) is 0 Å². The molecule has 0 unspecified atom stereocenters. The average molecular weight is 403 g/mol. The Hall–Kier alpha value is -2.25. The summed E-state index contributed by atoms with van der Waals surface area (Å²) < 4.78 is 13.2. The predicted octanol–water partition coefficient (Wildman–Crippen LogP) is 4.39. The van der Waals surface area contributed by atoms with E-state index >= 15 is 0 Å². The highest BCUT2D eigenvalue weighted by Crippen LogP contribution is 2.39. The molecule has 8 heteroatoms. The molecule has 1 aliphatic heterocycles. The van der Waals surface area contributed by atoms with Crippen LogP contribution in [0.25, 0.3) is 5.69 Å². The topological polar surface area (TPSA) is 62.1 Å². The highest BCUT2D eigenvalue weighted by molar-refractivity contribution is 7.98. The van der Waals surface area contributed by atoms with E-state index in [-0.39, 0.29) is 0 Å². The van der Waals surface area contributed by atoms with E-state index in [9.17, 15) is 0 Å². The Kier molecular flexibility index (Phi) is 5.22. The van der Waals surface area contributed by atoms with E-state index in [0.29, 0.717) is 35.5 Å². The molecule has 1 aliphatic rings. The van der Waals surface area contributed by atoms with Crippen molar-refractivity contribution in [3.8, 4) is 17.2 Å². The molecule has 1 aromatic heterocycles. The molecule has 140 valence electrons. The van der Waals surface area contributed by atoms with Gasteiger partial charge >= 0.3 is 0 Å². The van der Waals surface area contributed by atoms with Crippen molar-refractivity contribution in [1.82, 2.24) is 20.2 Å². The Morgan fingerprint density at radius 1 is 1.15 bits per heavy atom. The number of thioether (sulfide) groups is 1. The molecule has 0 saturated heterocycles. The molecule has 0 aliphatic carbocycles. The second kappa shape index (κ2) is 7.78. The number of ether oxygens (including phenoxy) is 2. The van der Waals surface area contributed by atoms with Crippen LogP contribution in [0.5, 0.6) is 11.5 Å². The van der Waals surface area contributed by atoms with Crippen LogP contribution in [0.4, 0.5) is 0 Å². The van der Waals surface area contributed by atoms with Crippen LogP contribution < -0.4 is 9.47 Å². The van der Waals surface area contributed by atoms with Gasteiger partial charge in [-0.2, -0.15) is 4.68 Å². The molecule has 3 aromatic rings. The van der Waals surface area contributed by atoms with Gasteiger partial charge in [0.15, 0.2) is 11.5 Å². The summed E-state index contributed by atoms with van der Waals surface area (Å²) in [5.74, 6) is 1.99. The van der Waals surface area contributed by atoms with Crippen LogP contribution >= 0.6 is 23.4 Å². The number of rotatable bonds is 4. The van der Waals surface area contributed by atoms with E-state index in [4.69, 9.17) is 21.1 Å². The molecule has 2 aromatic carbocycles. The Labute approximate surface area is 166 Å². The first kappa shape index (κ1) is 18.1. The zero-order valence-electron chi connectivity index (χ0n) is 15.1.